The van der Waals surface area contributed by atoms with Gasteiger partial charge in [0.05, 0.1) is 7.11 Å². The quantitative estimate of drug-likeness (QED) is 0.914. The molecule has 1 atom stereocenters. The number of nitrogens with zero attached hydrogens (tertiary/aromatic N) is 1. The van der Waals surface area contributed by atoms with Crippen molar-refractivity contribution in [3.8, 4) is 5.75 Å². The van der Waals surface area contributed by atoms with Crippen molar-refractivity contribution in [2.24, 2.45) is 0 Å². The van der Waals surface area contributed by atoms with Crippen molar-refractivity contribution in [3.63, 3.8) is 0 Å². The highest BCUT2D eigenvalue weighted by Crippen LogP contribution is 2.29. The predicted octanol–water partition coefficient (Wildman–Crippen LogP) is 4.28. The first-order valence-corrected chi connectivity index (χ1v) is 6.35. The molecule has 0 fully saturated rings. The number of nitrogens with one attached hydrogen (secondary N) is 1. The minimum absolute atomic E-state index is 0.174. The first-order chi connectivity index (χ1) is 9.90. The Morgan fingerprint density at radius 3 is 2.33 bits per heavy atom. The van der Waals surface area contributed by atoms with Crippen LogP contribution in [0.15, 0.2) is 42.5 Å². The number of ether oxygens (including phenoxy) is 1. The second-order valence-electron chi connectivity index (χ2n) is 4.55. The second kappa shape index (κ2) is 6.03. The van der Waals surface area contributed by atoms with E-state index in [0.29, 0.717) is 0 Å². The highest BCUT2D eigenvalue weighted by atomic mass is 19.4. The standard InChI is InChI=1S/C15H15F3N2O/c1-10(11-6-8-12(21-2)9-7-11)19-14-5-3-4-13(20-14)15(16,17)18/h3-10H,1-2H3,(H,19,20). The highest BCUT2D eigenvalue weighted by Gasteiger charge is 2.32. The number of methoxy groups -OCH3 is 1. The number of pyridine rings is 1. The van der Waals surface area contributed by atoms with Gasteiger partial charge in [0.1, 0.15) is 17.3 Å². The van der Waals surface area contributed by atoms with E-state index in [-0.39, 0.29) is 11.9 Å². The Kier molecular flexibility index (Phi) is 4.35. The SMILES string of the molecule is COc1ccc(C(C)Nc2cccc(C(F)(F)F)n2)cc1. The number of hydrogen-bond acceptors (Lipinski definition) is 3. The number of alkyl halides is 3. The first kappa shape index (κ1) is 15.2. The van der Waals surface area contributed by atoms with Crippen molar-refractivity contribution in [2.45, 2.75) is 19.1 Å². The van der Waals surface area contributed by atoms with Gasteiger partial charge < -0.3 is 10.1 Å². The summed E-state index contributed by atoms with van der Waals surface area (Å²) in [4.78, 5) is 3.58. The normalized spacial score (nSPS) is 12.8. The summed E-state index contributed by atoms with van der Waals surface area (Å²) in [5, 5.41) is 2.96. The Labute approximate surface area is 120 Å². The van der Waals surface area contributed by atoms with E-state index in [1.165, 1.54) is 12.1 Å². The van der Waals surface area contributed by atoms with Crippen LogP contribution in [0.4, 0.5) is 19.0 Å². The van der Waals surface area contributed by atoms with Crippen LogP contribution in [0.2, 0.25) is 0 Å². The number of rotatable bonds is 4. The molecule has 1 heterocycles. The van der Waals surface area contributed by atoms with Crippen LogP contribution in [0.5, 0.6) is 5.75 Å². The topological polar surface area (TPSA) is 34.1 Å². The van der Waals surface area contributed by atoms with Crippen LogP contribution < -0.4 is 10.1 Å². The van der Waals surface area contributed by atoms with Gasteiger partial charge in [-0.15, -0.1) is 0 Å². The number of aromatic nitrogens is 1. The molecule has 0 aliphatic rings. The number of benzene rings is 1. The summed E-state index contributed by atoms with van der Waals surface area (Å²) in [6, 6.07) is 10.9. The van der Waals surface area contributed by atoms with Crippen LogP contribution in [0.1, 0.15) is 24.2 Å². The highest BCUT2D eigenvalue weighted by molar-refractivity contribution is 5.40. The Morgan fingerprint density at radius 1 is 1.10 bits per heavy atom. The Balaban J connectivity index is 2.13. The van der Waals surface area contributed by atoms with Crippen molar-refractivity contribution in [2.75, 3.05) is 12.4 Å². The minimum atomic E-state index is -4.44. The van der Waals surface area contributed by atoms with Crippen molar-refractivity contribution >= 4 is 5.82 Å². The van der Waals surface area contributed by atoms with E-state index in [0.717, 1.165) is 17.4 Å². The van der Waals surface area contributed by atoms with Gasteiger partial charge in [0.25, 0.3) is 0 Å². The maximum absolute atomic E-state index is 12.6. The fourth-order valence-electron chi connectivity index (χ4n) is 1.87. The van der Waals surface area contributed by atoms with Crippen LogP contribution in [-0.4, -0.2) is 12.1 Å². The van der Waals surface area contributed by atoms with E-state index in [4.69, 9.17) is 4.74 Å². The van der Waals surface area contributed by atoms with Gasteiger partial charge >= 0.3 is 6.18 Å². The van der Waals surface area contributed by atoms with E-state index >= 15 is 0 Å². The molecule has 21 heavy (non-hydrogen) atoms. The molecule has 0 aliphatic heterocycles. The largest absolute Gasteiger partial charge is 0.497 e. The lowest BCUT2D eigenvalue weighted by molar-refractivity contribution is -0.141. The van der Waals surface area contributed by atoms with Gasteiger partial charge in [0.15, 0.2) is 0 Å². The molecule has 2 aromatic rings. The summed E-state index contributed by atoms with van der Waals surface area (Å²) in [6.07, 6.45) is -4.44. The molecule has 0 saturated heterocycles. The molecule has 0 spiro atoms. The Hall–Kier alpha value is -2.24. The summed E-state index contributed by atoms with van der Waals surface area (Å²) in [7, 11) is 1.57. The summed E-state index contributed by atoms with van der Waals surface area (Å²) >= 11 is 0. The molecule has 112 valence electrons. The maximum atomic E-state index is 12.6. The Morgan fingerprint density at radius 2 is 1.76 bits per heavy atom. The molecular weight excluding hydrogens is 281 g/mol. The average Bonchev–Trinajstić information content (AvgIpc) is 2.47. The Bertz CT molecular complexity index is 597. The van der Waals surface area contributed by atoms with Crippen molar-refractivity contribution < 1.29 is 17.9 Å². The second-order valence-corrected chi connectivity index (χ2v) is 4.55. The summed E-state index contributed by atoms with van der Waals surface area (Å²) in [5.41, 5.74) is 0.0180. The van der Waals surface area contributed by atoms with Gasteiger partial charge in [-0.05, 0) is 36.8 Å². The van der Waals surface area contributed by atoms with Gasteiger partial charge in [-0.25, -0.2) is 4.98 Å². The fourth-order valence-corrected chi connectivity index (χ4v) is 1.87. The lowest BCUT2D eigenvalue weighted by atomic mass is 10.1. The molecule has 1 unspecified atom stereocenters. The van der Waals surface area contributed by atoms with Crippen LogP contribution in [0.3, 0.4) is 0 Å². The molecule has 3 nitrogen and oxygen atoms in total. The molecule has 0 aliphatic carbocycles. The smallest absolute Gasteiger partial charge is 0.433 e. The predicted molar refractivity (Wildman–Crippen MR) is 74.3 cm³/mol. The van der Waals surface area contributed by atoms with Crippen LogP contribution >= 0.6 is 0 Å². The van der Waals surface area contributed by atoms with Gasteiger partial charge in [0, 0.05) is 6.04 Å². The number of hydrogen-bond donors (Lipinski definition) is 1. The zero-order valence-electron chi connectivity index (χ0n) is 11.6. The molecule has 0 saturated carbocycles. The van der Waals surface area contributed by atoms with E-state index in [1.54, 1.807) is 19.2 Å². The van der Waals surface area contributed by atoms with Crippen LogP contribution in [-0.2, 0) is 6.18 Å². The minimum Gasteiger partial charge on any atom is -0.497 e. The number of halogens is 3. The van der Waals surface area contributed by atoms with E-state index in [2.05, 4.69) is 10.3 Å². The van der Waals surface area contributed by atoms with E-state index < -0.39 is 11.9 Å². The zero-order chi connectivity index (χ0) is 15.5. The van der Waals surface area contributed by atoms with Crippen LogP contribution in [0.25, 0.3) is 0 Å². The van der Waals surface area contributed by atoms with Crippen molar-refractivity contribution in [3.05, 3.63) is 53.7 Å². The van der Waals surface area contributed by atoms with Gasteiger partial charge in [-0.1, -0.05) is 18.2 Å². The monoisotopic (exact) mass is 296 g/mol. The van der Waals surface area contributed by atoms with Crippen molar-refractivity contribution in [1.29, 1.82) is 0 Å². The molecule has 6 heteroatoms. The zero-order valence-corrected chi connectivity index (χ0v) is 11.6. The fraction of sp³-hybridized carbons (Fsp3) is 0.267. The number of anilines is 1. The van der Waals surface area contributed by atoms with Gasteiger partial charge in [0.2, 0.25) is 0 Å². The first-order valence-electron chi connectivity index (χ1n) is 6.35. The molecule has 1 aromatic carbocycles. The molecule has 1 aromatic heterocycles. The summed E-state index contributed by atoms with van der Waals surface area (Å²) in [5.74, 6) is 0.913. The van der Waals surface area contributed by atoms with Gasteiger partial charge in [-0.3, -0.25) is 0 Å². The lowest BCUT2D eigenvalue weighted by Crippen LogP contribution is -2.12. The average molecular weight is 296 g/mol. The van der Waals surface area contributed by atoms with E-state index in [1.807, 2.05) is 19.1 Å². The molecule has 1 N–H and O–H groups in total. The lowest BCUT2D eigenvalue weighted by Gasteiger charge is -2.16. The third-order valence-electron chi connectivity index (χ3n) is 3.02. The molecular formula is C15H15F3N2O. The maximum Gasteiger partial charge on any atom is 0.433 e. The molecule has 0 bridgehead atoms. The van der Waals surface area contributed by atoms with Gasteiger partial charge in [-0.2, -0.15) is 13.2 Å². The van der Waals surface area contributed by atoms with E-state index in [9.17, 15) is 13.2 Å². The third kappa shape index (κ3) is 3.87. The van der Waals surface area contributed by atoms with Crippen LogP contribution in [0, 0.1) is 0 Å². The molecule has 0 radical (unpaired) electrons. The summed E-state index contributed by atoms with van der Waals surface area (Å²) in [6.45, 7) is 1.85. The molecule has 0 amide bonds. The molecule has 2 rings (SSSR count). The summed E-state index contributed by atoms with van der Waals surface area (Å²) < 4.78 is 42.9. The third-order valence-corrected chi connectivity index (χ3v) is 3.02. The van der Waals surface area contributed by atoms with Crippen molar-refractivity contribution in [1.82, 2.24) is 4.98 Å².